The van der Waals surface area contributed by atoms with E-state index in [4.69, 9.17) is 0 Å². The fourth-order valence-electron chi connectivity index (χ4n) is 1.18. The van der Waals surface area contributed by atoms with Gasteiger partial charge in [-0.05, 0) is 6.92 Å². The summed E-state index contributed by atoms with van der Waals surface area (Å²) in [5, 5.41) is 6.87. The molecule has 1 N–H and O–H groups in total. The zero-order valence-corrected chi connectivity index (χ0v) is 9.29. The van der Waals surface area contributed by atoms with Crippen LogP contribution in [0.1, 0.15) is 24.6 Å². The van der Waals surface area contributed by atoms with Gasteiger partial charge in [-0.25, -0.2) is 0 Å². The monoisotopic (exact) mass is 205 g/mol. The Morgan fingerprint density at radius 3 is 2.93 bits per heavy atom. The molecule has 0 aliphatic heterocycles. The second-order valence-corrected chi connectivity index (χ2v) is 3.34. The molecule has 1 aromatic heterocycles. The lowest BCUT2D eigenvalue weighted by molar-refractivity contribution is -0.118. The van der Waals surface area contributed by atoms with Crippen molar-refractivity contribution in [2.24, 2.45) is 7.05 Å². The van der Waals surface area contributed by atoms with Crippen molar-refractivity contribution >= 4 is 5.91 Å². The first kappa shape index (κ1) is 11.3. The fourth-order valence-corrected chi connectivity index (χ4v) is 1.18. The first-order valence-electron chi connectivity index (χ1n) is 4.83. The molecule has 0 spiro atoms. The van der Waals surface area contributed by atoms with E-state index in [1.54, 1.807) is 4.68 Å². The van der Waals surface area contributed by atoms with E-state index in [-0.39, 0.29) is 5.91 Å². The minimum absolute atomic E-state index is 0.0191. The smallest absolute Gasteiger partial charge is 0.216 e. The van der Waals surface area contributed by atoms with E-state index in [9.17, 15) is 4.79 Å². The lowest BCUT2D eigenvalue weighted by Crippen LogP contribution is -2.20. The van der Waals surface area contributed by atoms with Crippen molar-refractivity contribution in [3.63, 3.8) is 0 Å². The Morgan fingerprint density at radius 1 is 1.67 bits per heavy atom. The van der Waals surface area contributed by atoms with Gasteiger partial charge in [0.05, 0.1) is 11.3 Å². The third-order valence-corrected chi connectivity index (χ3v) is 1.86. The van der Waals surface area contributed by atoms with Crippen LogP contribution in [-0.4, -0.2) is 22.2 Å². The maximum Gasteiger partial charge on any atom is 0.216 e. The summed E-state index contributed by atoms with van der Waals surface area (Å²) in [6, 6.07) is 0. The molecule has 0 fully saturated rings. The van der Waals surface area contributed by atoms with Crippen LogP contribution in [0.2, 0.25) is 0 Å². The van der Waals surface area contributed by atoms with Crippen LogP contribution in [0.3, 0.4) is 0 Å². The Hall–Kier alpha value is -1.76. The second-order valence-electron chi connectivity index (χ2n) is 3.34. The van der Waals surface area contributed by atoms with Gasteiger partial charge in [0.25, 0.3) is 0 Å². The van der Waals surface area contributed by atoms with Crippen LogP contribution in [0.15, 0.2) is 6.20 Å². The Kier molecular flexibility index (Phi) is 3.92. The summed E-state index contributed by atoms with van der Waals surface area (Å²) in [5.41, 5.74) is 1.88. The zero-order chi connectivity index (χ0) is 11.3. The summed E-state index contributed by atoms with van der Waals surface area (Å²) >= 11 is 0. The van der Waals surface area contributed by atoms with Crippen molar-refractivity contribution in [2.75, 3.05) is 6.54 Å². The van der Waals surface area contributed by atoms with E-state index in [2.05, 4.69) is 22.3 Å². The Balaban J connectivity index is 2.44. The molecule has 80 valence electrons. The molecule has 0 bridgehead atoms. The van der Waals surface area contributed by atoms with Crippen LogP contribution in [-0.2, 0) is 11.8 Å². The number of aryl methyl sites for hydroxylation is 2. The van der Waals surface area contributed by atoms with Gasteiger partial charge in [-0.15, -0.1) is 0 Å². The summed E-state index contributed by atoms with van der Waals surface area (Å²) in [6.07, 6.45) is 2.55. The van der Waals surface area contributed by atoms with Crippen molar-refractivity contribution in [1.29, 1.82) is 0 Å². The van der Waals surface area contributed by atoms with Gasteiger partial charge in [-0.2, -0.15) is 5.10 Å². The second kappa shape index (κ2) is 5.20. The predicted octanol–water partition coefficient (Wildman–Crippen LogP) is 0.606. The molecule has 1 amide bonds. The average Bonchev–Trinajstić information content (AvgIpc) is 2.44. The van der Waals surface area contributed by atoms with E-state index in [1.807, 2.05) is 20.2 Å². The molecule has 0 unspecified atom stereocenters. The van der Waals surface area contributed by atoms with Crippen molar-refractivity contribution in [3.8, 4) is 11.8 Å². The van der Waals surface area contributed by atoms with Crippen LogP contribution >= 0.6 is 0 Å². The van der Waals surface area contributed by atoms with Gasteiger partial charge in [0.15, 0.2) is 0 Å². The predicted molar refractivity (Wildman–Crippen MR) is 58.1 cm³/mol. The molecular weight excluding hydrogens is 190 g/mol. The van der Waals surface area contributed by atoms with E-state index < -0.39 is 0 Å². The lowest BCUT2D eigenvalue weighted by Gasteiger charge is -1.94. The number of carbonyl (C=O) groups excluding carboxylic acids is 1. The van der Waals surface area contributed by atoms with E-state index in [0.29, 0.717) is 13.0 Å². The summed E-state index contributed by atoms with van der Waals surface area (Å²) < 4.78 is 1.74. The van der Waals surface area contributed by atoms with Gasteiger partial charge in [-0.3, -0.25) is 9.48 Å². The van der Waals surface area contributed by atoms with E-state index in [1.165, 1.54) is 6.92 Å². The fraction of sp³-hybridized carbons (Fsp3) is 0.455. The molecule has 0 aliphatic carbocycles. The normalized spacial score (nSPS) is 9.27. The summed E-state index contributed by atoms with van der Waals surface area (Å²) in [6.45, 7) is 4.03. The highest BCUT2D eigenvalue weighted by atomic mass is 16.1. The van der Waals surface area contributed by atoms with Crippen LogP contribution in [0.5, 0.6) is 0 Å². The minimum Gasteiger partial charge on any atom is -0.355 e. The highest BCUT2D eigenvalue weighted by Crippen LogP contribution is 2.01. The molecule has 1 aromatic rings. The number of nitrogens with one attached hydrogen (secondary N) is 1. The third-order valence-electron chi connectivity index (χ3n) is 1.86. The summed E-state index contributed by atoms with van der Waals surface area (Å²) in [4.78, 5) is 10.6. The topological polar surface area (TPSA) is 46.9 Å². The van der Waals surface area contributed by atoms with Crippen molar-refractivity contribution in [3.05, 3.63) is 17.5 Å². The van der Waals surface area contributed by atoms with Gasteiger partial charge in [0.1, 0.15) is 0 Å². The molecule has 0 atom stereocenters. The van der Waals surface area contributed by atoms with E-state index >= 15 is 0 Å². The summed E-state index contributed by atoms with van der Waals surface area (Å²) in [5.74, 6) is 6.00. The number of rotatable bonds is 2. The number of carbonyl (C=O) groups is 1. The summed E-state index contributed by atoms with van der Waals surface area (Å²) in [7, 11) is 1.87. The molecule has 0 saturated heterocycles. The quantitative estimate of drug-likeness (QED) is 0.568. The molecule has 0 radical (unpaired) electrons. The number of nitrogens with zero attached hydrogens (tertiary/aromatic N) is 2. The molecule has 4 nitrogen and oxygen atoms in total. The molecular formula is C11H15N3O. The average molecular weight is 205 g/mol. The maximum absolute atomic E-state index is 10.6. The van der Waals surface area contributed by atoms with Crippen molar-refractivity contribution < 1.29 is 4.79 Å². The number of amides is 1. The number of hydrogen-bond acceptors (Lipinski definition) is 2. The number of hydrogen-bond donors (Lipinski definition) is 1. The van der Waals surface area contributed by atoms with Gasteiger partial charge in [0, 0.05) is 33.1 Å². The molecule has 15 heavy (non-hydrogen) atoms. The number of aromatic nitrogens is 2. The van der Waals surface area contributed by atoms with Crippen LogP contribution in [0.25, 0.3) is 0 Å². The third kappa shape index (κ3) is 3.86. The van der Waals surface area contributed by atoms with Crippen molar-refractivity contribution in [2.45, 2.75) is 20.3 Å². The van der Waals surface area contributed by atoms with Gasteiger partial charge in [0.2, 0.25) is 5.91 Å². The lowest BCUT2D eigenvalue weighted by atomic mass is 10.2. The van der Waals surface area contributed by atoms with Gasteiger partial charge in [-0.1, -0.05) is 11.8 Å². The maximum atomic E-state index is 10.6. The highest BCUT2D eigenvalue weighted by Gasteiger charge is 1.97. The first-order chi connectivity index (χ1) is 7.09. The SMILES string of the molecule is CC(=O)NCCC#Cc1cn(C)nc1C. The largest absolute Gasteiger partial charge is 0.355 e. The molecule has 0 aromatic carbocycles. The Labute approximate surface area is 89.7 Å². The standard InChI is InChI=1S/C11H15N3O/c1-9-11(8-14(3)13-9)6-4-5-7-12-10(2)15/h8H,5,7H2,1-3H3,(H,12,15). The zero-order valence-electron chi connectivity index (χ0n) is 9.29. The highest BCUT2D eigenvalue weighted by molar-refractivity contribution is 5.72. The van der Waals surface area contributed by atoms with Crippen LogP contribution < -0.4 is 5.32 Å². The Morgan fingerprint density at radius 2 is 2.40 bits per heavy atom. The molecule has 4 heteroatoms. The van der Waals surface area contributed by atoms with Crippen molar-refractivity contribution in [1.82, 2.24) is 15.1 Å². The molecule has 0 saturated carbocycles. The van der Waals surface area contributed by atoms with E-state index in [0.717, 1.165) is 11.3 Å². The molecule has 1 rings (SSSR count). The minimum atomic E-state index is -0.0191. The van der Waals surface area contributed by atoms with Gasteiger partial charge < -0.3 is 5.32 Å². The molecule has 1 heterocycles. The molecule has 0 aliphatic rings. The first-order valence-corrected chi connectivity index (χ1v) is 4.83. The van der Waals surface area contributed by atoms with Crippen LogP contribution in [0.4, 0.5) is 0 Å². The van der Waals surface area contributed by atoms with Crippen LogP contribution in [0, 0.1) is 18.8 Å². The Bertz CT molecular complexity index is 409. The van der Waals surface area contributed by atoms with Gasteiger partial charge >= 0.3 is 0 Å².